The first-order valence-corrected chi connectivity index (χ1v) is 5.20. The zero-order valence-electron chi connectivity index (χ0n) is 9.04. The van der Waals surface area contributed by atoms with Crippen LogP contribution in [0.1, 0.15) is 15.9 Å². The maximum absolute atomic E-state index is 11.8. The van der Waals surface area contributed by atoms with Crippen molar-refractivity contribution in [2.45, 2.75) is 6.42 Å². The molecular formula is C11H8BrNaO3. The summed E-state index contributed by atoms with van der Waals surface area (Å²) in [5, 5.41) is 0. The van der Waals surface area contributed by atoms with Gasteiger partial charge in [-0.2, -0.15) is 0 Å². The number of ketones is 1. The van der Waals surface area contributed by atoms with Crippen LogP contribution >= 0.6 is 15.9 Å². The number of Topliss-reactive ketones (excluding diaryl/α,β-unsaturated/α-hetero) is 1. The first-order chi connectivity index (χ1) is 7.13. The number of hydrogen-bond acceptors (Lipinski definition) is 3. The second-order valence-electron chi connectivity index (χ2n) is 3.28. The van der Waals surface area contributed by atoms with Gasteiger partial charge in [0.15, 0.2) is 0 Å². The van der Waals surface area contributed by atoms with E-state index in [-0.39, 0.29) is 41.3 Å². The molecule has 16 heavy (non-hydrogen) atoms. The van der Waals surface area contributed by atoms with E-state index >= 15 is 0 Å². The van der Waals surface area contributed by atoms with Gasteiger partial charge in [-0.05, 0) is 0 Å². The molecule has 0 amide bonds. The van der Waals surface area contributed by atoms with E-state index in [0.29, 0.717) is 12.0 Å². The number of rotatable bonds is 1. The van der Waals surface area contributed by atoms with Crippen LogP contribution in [0.2, 0.25) is 0 Å². The summed E-state index contributed by atoms with van der Waals surface area (Å²) in [4.78, 5) is 23.0. The molecule has 3 nitrogen and oxygen atoms in total. The van der Waals surface area contributed by atoms with Crippen LogP contribution in [0.4, 0.5) is 0 Å². The van der Waals surface area contributed by atoms with E-state index in [1.54, 1.807) is 12.1 Å². The summed E-state index contributed by atoms with van der Waals surface area (Å²) in [6, 6.07) is 5.36. The fourth-order valence-corrected chi connectivity index (χ4v) is 2.06. The molecule has 2 rings (SSSR count). The molecule has 1 aromatic carbocycles. The predicted molar refractivity (Wildman–Crippen MR) is 57.4 cm³/mol. The maximum Gasteiger partial charge on any atom is 1.00 e. The summed E-state index contributed by atoms with van der Waals surface area (Å²) in [5.41, 5.74) is 1.47. The summed E-state index contributed by atoms with van der Waals surface area (Å²) in [6.07, 6.45) is 0.361. The molecule has 1 aliphatic rings. The van der Waals surface area contributed by atoms with Crippen LogP contribution in [0.15, 0.2) is 22.7 Å². The summed E-state index contributed by atoms with van der Waals surface area (Å²) < 4.78 is 5.46. The average Bonchev–Trinajstić information content (AvgIpc) is 2.54. The van der Waals surface area contributed by atoms with Crippen LogP contribution in [0.25, 0.3) is 0 Å². The summed E-state index contributed by atoms with van der Waals surface area (Å²) in [6.45, 7) is 0. The Morgan fingerprint density at radius 3 is 2.81 bits per heavy atom. The Kier molecular flexibility index (Phi) is 4.62. The second-order valence-corrected chi connectivity index (χ2v) is 4.19. The normalized spacial score (nSPS) is 13.1. The number of benzene rings is 1. The fraction of sp³-hybridized carbons (Fsp3) is 0.182. The van der Waals surface area contributed by atoms with Gasteiger partial charge in [-0.3, -0.25) is 4.79 Å². The Morgan fingerprint density at radius 1 is 1.50 bits per heavy atom. The minimum Gasteiger partial charge on any atom is -0.479 e. The van der Waals surface area contributed by atoms with Gasteiger partial charge in [0.1, 0.15) is 0 Å². The molecule has 0 heterocycles. The number of carbonyl (C=O) groups excluding carboxylic acids is 2. The van der Waals surface area contributed by atoms with E-state index < -0.39 is 5.97 Å². The Hall–Kier alpha value is -0.290. The van der Waals surface area contributed by atoms with Crippen molar-refractivity contribution in [2.75, 3.05) is 7.11 Å². The Labute approximate surface area is 124 Å². The standard InChI is InChI=1S/C11H8BrO3.Na/c1-15-11(14)9-5-6-4-7(12)2-3-8(6)10(9)13;/h2-4H,5H2,1H3;/q-1;+1. The van der Waals surface area contributed by atoms with Crippen molar-refractivity contribution < 1.29 is 43.9 Å². The van der Waals surface area contributed by atoms with Crippen molar-refractivity contribution in [2.24, 2.45) is 0 Å². The fourth-order valence-electron chi connectivity index (χ4n) is 1.65. The molecule has 5 heteroatoms. The first-order valence-electron chi connectivity index (χ1n) is 4.40. The van der Waals surface area contributed by atoms with Gasteiger partial charge in [0, 0.05) is 10.3 Å². The SMILES string of the molecule is COC(=O)[C-]1Cc2cc(Br)ccc2C1=O.[Na+]. The number of hydrogen-bond donors (Lipinski definition) is 0. The van der Waals surface area contributed by atoms with E-state index in [1.807, 2.05) is 6.07 Å². The van der Waals surface area contributed by atoms with Crippen molar-refractivity contribution in [3.63, 3.8) is 0 Å². The van der Waals surface area contributed by atoms with E-state index in [0.717, 1.165) is 10.0 Å². The molecule has 0 aromatic heterocycles. The van der Waals surface area contributed by atoms with E-state index in [2.05, 4.69) is 20.7 Å². The van der Waals surface area contributed by atoms with Crippen LogP contribution in [0.5, 0.6) is 0 Å². The van der Waals surface area contributed by atoms with Crippen LogP contribution < -0.4 is 29.6 Å². The molecule has 0 aliphatic heterocycles. The molecule has 0 N–H and O–H groups in total. The van der Waals surface area contributed by atoms with Gasteiger partial charge in [-0.1, -0.05) is 40.4 Å². The van der Waals surface area contributed by atoms with Crippen LogP contribution in [0.3, 0.4) is 0 Å². The molecule has 0 saturated heterocycles. The predicted octanol–water partition coefficient (Wildman–Crippen LogP) is -1.06. The number of carbonyl (C=O) groups is 2. The molecule has 0 saturated carbocycles. The van der Waals surface area contributed by atoms with Crippen LogP contribution in [-0.4, -0.2) is 18.9 Å². The maximum atomic E-state index is 11.8. The Morgan fingerprint density at radius 2 is 2.19 bits per heavy atom. The van der Waals surface area contributed by atoms with Gasteiger partial charge in [0.2, 0.25) is 0 Å². The molecule has 0 spiro atoms. The van der Waals surface area contributed by atoms with Gasteiger partial charge in [0.25, 0.3) is 5.97 Å². The number of ether oxygens (including phenoxy) is 1. The van der Waals surface area contributed by atoms with Crippen molar-refractivity contribution in [3.8, 4) is 0 Å². The summed E-state index contributed by atoms with van der Waals surface area (Å²) in [7, 11) is 1.28. The van der Waals surface area contributed by atoms with Gasteiger partial charge < -0.3 is 9.53 Å². The van der Waals surface area contributed by atoms with Gasteiger partial charge >= 0.3 is 29.6 Å². The third-order valence-electron chi connectivity index (χ3n) is 2.39. The van der Waals surface area contributed by atoms with Gasteiger partial charge in [-0.25, -0.2) is 0 Å². The smallest absolute Gasteiger partial charge is 0.479 e. The third kappa shape index (κ3) is 2.35. The molecule has 0 bridgehead atoms. The molecule has 0 fully saturated rings. The Bertz CT molecular complexity index is 445. The molecule has 1 aliphatic carbocycles. The summed E-state index contributed by atoms with van der Waals surface area (Å²) >= 11 is 3.32. The molecule has 0 atom stereocenters. The van der Waals surface area contributed by atoms with Crippen molar-refractivity contribution >= 4 is 27.7 Å². The van der Waals surface area contributed by atoms with E-state index in [1.165, 1.54) is 7.11 Å². The van der Waals surface area contributed by atoms with Crippen molar-refractivity contribution in [1.82, 2.24) is 0 Å². The zero-order valence-corrected chi connectivity index (χ0v) is 12.6. The number of esters is 1. The number of methoxy groups -OCH3 is 1. The van der Waals surface area contributed by atoms with Crippen LogP contribution in [-0.2, 0) is 16.0 Å². The molecule has 1 aromatic rings. The van der Waals surface area contributed by atoms with Crippen LogP contribution in [0, 0.1) is 5.92 Å². The second kappa shape index (κ2) is 5.36. The van der Waals surface area contributed by atoms with E-state index in [4.69, 9.17) is 0 Å². The molecule has 0 unspecified atom stereocenters. The third-order valence-corrected chi connectivity index (χ3v) is 2.88. The van der Waals surface area contributed by atoms with Crippen molar-refractivity contribution in [1.29, 1.82) is 0 Å². The molecule has 78 valence electrons. The molecule has 0 radical (unpaired) electrons. The number of halogens is 1. The monoisotopic (exact) mass is 290 g/mol. The minimum absolute atomic E-state index is 0. The quantitative estimate of drug-likeness (QED) is 0.376. The number of fused-ring (bicyclic) bond motifs is 1. The minimum atomic E-state index is -0.535. The van der Waals surface area contributed by atoms with Gasteiger partial charge in [-0.15, -0.1) is 17.2 Å². The first kappa shape index (κ1) is 13.8. The molecular weight excluding hydrogens is 283 g/mol. The largest absolute Gasteiger partial charge is 1.00 e. The zero-order chi connectivity index (χ0) is 11.0. The van der Waals surface area contributed by atoms with E-state index in [9.17, 15) is 9.59 Å². The van der Waals surface area contributed by atoms with Gasteiger partial charge in [0.05, 0.1) is 7.11 Å². The summed E-state index contributed by atoms with van der Waals surface area (Å²) in [5.74, 6) is -0.540. The average molecular weight is 291 g/mol. The topological polar surface area (TPSA) is 43.4 Å². The van der Waals surface area contributed by atoms with Crippen molar-refractivity contribution in [3.05, 3.63) is 39.7 Å². The Balaban J connectivity index is 0.00000128.